The zero-order valence-electron chi connectivity index (χ0n) is 15.3. The minimum absolute atomic E-state index is 0.284. The fourth-order valence-electron chi connectivity index (χ4n) is 1.66. The summed E-state index contributed by atoms with van der Waals surface area (Å²) in [6.45, 7) is 14.6. The molecule has 0 N–H and O–H groups in total. The second-order valence-corrected chi connectivity index (χ2v) is 7.61. The second kappa shape index (κ2) is 12.6. The number of thiazole rings is 1. The van der Waals surface area contributed by atoms with E-state index in [2.05, 4.69) is 31.6 Å². The highest BCUT2D eigenvalue weighted by Crippen LogP contribution is 2.29. The van der Waals surface area contributed by atoms with Crippen LogP contribution in [0.25, 0.3) is 10.2 Å². The Bertz CT molecular complexity index is 694. The molecule has 1 heterocycles. The first kappa shape index (κ1) is 23.3. The van der Waals surface area contributed by atoms with Crippen molar-refractivity contribution in [3.63, 3.8) is 0 Å². The van der Waals surface area contributed by atoms with Crippen LogP contribution in [0.3, 0.4) is 0 Å². The molecule has 5 nitrogen and oxygen atoms in total. The smallest absolute Gasteiger partial charge is 0.234 e. The van der Waals surface area contributed by atoms with Crippen LogP contribution < -0.4 is 4.31 Å². The third kappa shape index (κ3) is 8.29. The van der Waals surface area contributed by atoms with Gasteiger partial charge in [-0.15, -0.1) is 19.7 Å². The molecule has 2 rings (SSSR count). The van der Waals surface area contributed by atoms with Gasteiger partial charge in [0.2, 0.25) is 10.0 Å². The van der Waals surface area contributed by atoms with Crippen LogP contribution >= 0.6 is 11.3 Å². The van der Waals surface area contributed by atoms with Crippen molar-refractivity contribution in [2.75, 3.05) is 30.3 Å². The van der Waals surface area contributed by atoms with Gasteiger partial charge in [-0.2, -0.15) is 0 Å². The third-order valence-electron chi connectivity index (χ3n) is 2.83. The molecule has 7 heteroatoms. The zero-order valence-corrected chi connectivity index (χ0v) is 16.9. The number of rotatable bonds is 7. The van der Waals surface area contributed by atoms with Gasteiger partial charge in [0, 0.05) is 6.61 Å². The van der Waals surface area contributed by atoms with Crippen molar-refractivity contribution in [1.82, 2.24) is 4.98 Å². The number of sulfonamides is 1. The number of aromatic nitrogens is 1. The highest BCUT2D eigenvalue weighted by Gasteiger charge is 2.20. The molecule has 25 heavy (non-hydrogen) atoms. The molecule has 2 aromatic rings. The van der Waals surface area contributed by atoms with Gasteiger partial charge in [0.25, 0.3) is 0 Å². The van der Waals surface area contributed by atoms with E-state index in [0.717, 1.165) is 16.6 Å². The van der Waals surface area contributed by atoms with E-state index < -0.39 is 10.0 Å². The van der Waals surface area contributed by atoms with Crippen LogP contribution in [0.2, 0.25) is 0 Å². The number of fused-ring (bicyclic) bond motifs is 1. The third-order valence-corrected chi connectivity index (χ3v) is 5.16. The molecule has 140 valence electrons. The van der Waals surface area contributed by atoms with Gasteiger partial charge in [-0.25, -0.2) is 17.7 Å². The molecule has 0 aliphatic rings. The minimum atomic E-state index is -3.34. The van der Waals surface area contributed by atoms with Gasteiger partial charge < -0.3 is 4.74 Å². The lowest BCUT2D eigenvalue weighted by atomic mass is 10.3. The van der Waals surface area contributed by atoms with E-state index in [4.69, 9.17) is 4.74 Å². The van der Waals surface area contributed by atoms with Crippen molar-refractivity contribution < 1.29 is 13.2 Å². The van der Waals surface area contributed by atoms with Crippen molar-refractivity contribution in [1.29, 1.82) is 0 Å². The maximum absolute atomic E-state index is 11.8. The molecule has 0 atom stereocenters. The molecule has 0 saturated heterocycles. The van der Waals surface area contributed by atoms with Gasteiger partial charge in [0.1, 0.15) is 0 Å². The standard InChI is InChI=1S/C12H16N2O3S2.C4H8.C2H4/c1-3-17-9-8-14(19(2,15)16)12-13-10-6-4-5-7-11(10)18-12;1-3-4-2;1-2/h4-7H,3,8-9H2,1-2H3;3H,1,4H2,2H3;1-2H2. The van der Waals surface area contributed by atoms with Crippen LogP contribution in [0.5, 0.6) is 0 Å². The van der Waals surface area contributed by atoms with Crippen LogP contribution in [0.1, 0.15) is 20.3 Å². The first-order valence-electron chi connectivity index (χ1n) is 7.95. The number of ether oxygens (including phenoxy) is 1. The maximum atomic E-state index is 11.8. The van der Waals surface area contributed by atoms with Crippen molar-refractivity contribution in [3.8, 4) is 0 Å². The Labute approximate surface area is 155 Å². The van der Waals surface area contributed by atoms with Crippen molar-refractivity contribution in [2.45, 2.75) is 20.3 Å². The number of para-hydroxylation sites is 1. The van der Waals surface area contributed by atoms with Gasteiger partial charge in [0.15, 0.2) is 5.13 Å². The summed E-state index contributed by atoms with van der Waals surface area (Å²) in [5.74, 6) is 0. The molecule has 0 spiro atoms. The Hall–Kier alpha value is -1.70. The lowest BCUT2D eigenvalue weighted by molar-refractivity contribution is 0.156. The van der Waals surface area contributed by atoms with E-state index in [1.807, 2.05) is 37.3 Å². The molecule has 0 unspecified atom stereocenters. The Morgan fingerprint density at radius 1 is 1.28 bits per heavy atom. The Kier molecular flexibility index (Phi) is 11.8. The summed E-state index contributed by atoms with van der Waals surface area (Å²) in [7, 11) is -3.34. The molecule has 0 amide bonds. The normalized spacial score (nSPS) is 10.2. The van der Waals surface area contributed by atoms with Crippen molar-refractivity contribution in [2.24, 2.45) is 0 Å². The van der Waals surface area contributed by atoms with Crippen LogP contribution in [-0.4, -0.2) is 39.4 Å². The van der Waals surface area contributed by atoms with E-state index in [9.17, 15) is 8.42 Å². The van der Waals surface area contributed by atoms with Crippen molar-refractivity contribution in [3.05, 3.63) is 50.1 Å². The first-order valence-corrected chi connectivity index (χ1v) is 10.6. The summed E-state index contributed by atoms with van der Waals surface area (Å²) in [6, 6.07) is 7.60. The molecule has 0 bridgehead atoms. The molecule has 0 saturated carbocycles. The fraction of sp³-hybridized carbons (Fsp3) is 0.389. The molecular formula is C18H28N2O3S2. The Balaban J connectivity index is 0.000000845. The highest BCUT2D eigenvalue weighted by molar-refractivity contribution is 7.92. The SMILES string of the molecule is C=C.C=CCC.CCOCCN(c1nc2ccccc2s1)S(C)(=O)=O. The number of hydrogen-bond donors (Lipinski definition) is 0. The van der Waals surface area contributed by atoms with Gasteiger partial charge in [-0.05, 0) is 25.5 Å². The number of anilines is 1. The lowest BCUT2D eigenvalue weighted by Crippen LogP contribution is -2.33. The maximum Gasteiger partial charge on any atom is 0.234 e. The molecule has 0 aliphatic carbocycles. The summed E-state index contributed by atoms with van der Waals surface area (Å²) >= 11 is 1.37. The first-order chi connectivity index (χ1) is 11.9. The second-order valence-electron chi connectivity index (χ2n) is 4.69. The number of benzene rings is 1. The van der Waals surface area contributed by atoms with Gasteiger partial charge >= 0.3 is 0 Å². The fourth-order valence-corrected chi connectivity index (χ4v) is 3.81. The van der Waals surface area contributed by atoms with E-state index >= 15 is 0 Å². The number of hydrogen-bond acceptors (Lipinski definition) is 5. The zero-order chi connectivity index (χ0) is 19.3. The largest absolute Gasteiger partial charge is 0.380 e. The molecular weight excluding hydrogens is 356 g/mol. The molecule has 0 aliphatic heterocycles. The quantitative estimate of drug-likeness (QED) is 0.521. The lowest BCUT2D eigenvalue weighted by Gasteiger charge is -2.18. The van der Waals surface area contributed by atoms with E-state index in [1.54, 1.807) is 0 Å². The number of allylic oxidation sites excluding steroid dienone is 1. The molecule has 1 aromatic carbocycles. The summed E-state index contributed by atoms with van der Waals surface area (Å²) in [5, 5.41) is 0.489. The average molecular weight is 385 g/mol. The molecule has 0 fully saturated rings. The van der Waals surface area contributed by atoms with Crippen LogP contribution in [0.15, 0.2) is 50.1 Å². The minimum Gasteiger partial charge on any atom is -0.380 e. The van der Waals surface area contributed by atoms with E-state index in [0.29, 0.717) is 18.3 Å². The summed E-state index contributed by atoms with van der Waals surface area (Å²) in [5.41, 5.74) is 0.813. The van der Waals surface area contributed by atoms with Gasteiger partial charge in [-0.1, -0.05) is 36.5 Å². The highest BCUT2D eigenvalue weighted by atomic mass is 32.2. The van der Waals surface area contributed by atoms with E-state index in [1.165, 1.54) is 21.9 Å². The topological polar surface area (TPSA) is 59.5 Å². The Morgan fingerprint density at radius 3 is 2.36 bits per heavy atom. The summed E-state index contributed by atoms with van der Waals surface area (Å²) in [6.07, 6.45) is 4.14. The monoisotopic (exact) mass is 384 g/mol. The Morgan fingerprint density at radius 2 is 1.88 bits per heavy atom. The van der Waals surface area contributed by atoms with Gasteiger partial charge in [0.05, 0.1) is 29.6 Å². The average Bonchev–Trinajstić information content (AvgIpc) is 3.03. The van der Waals surface area contributed by atoms with Crippen LogP contribution in [-0.2, 0) is 14.8 Å². The predicted molar refractivity (Wildman–Crippen MR) is 110 cm³/mol. The summed E-state index contributed by atoms with van der Waals surface area (Å²) < 4.78 is 31.2. The van der Waals surface area contributed by atoms with Crippen molar-refractivity contribution >= 4 is 36.7 Å². The van der Waals surface area contributed by atoms with Crippen LogP contribution in [0, 0.1) is 0 Å². The molecule has 0 radical (unpaired) electrons. The van der Waals surface area contributed by atoms with E-state index in [-0.39, 0.29) is 6.54 Å². The molecule has 1 aromatic heterocycles. The van der Waals surface area contributed by atoms with Crippen LogP contribution in [0.4, 0.5) is 5.13 Å². The predicted octanol–water partition coefficient (Wildman–Crippen LogP) is 4.48. The van der Waals surface area contributed by atoms with Gasteiger partial charge in [-0.3, -0.25) is 0 Å². The summed E-state index contributed by atoms with van der Waals surface area (Å²) in [4.78, 5) is 4.37. The number of nitrogens with zero attached hydrogens (tertiary/aromatic N) is 2.